The summed E-state index contributed by atoms with van der Waals surface area (Å²) in [4.78, 5) is 10.9. The van der Waals surface area contributed by atoms with Crippen LogP contribution < -0.4 is 10.6 Å². The average molecular weight is 472 g/mol. The number of hydrogen-bond acceptors (Lipinski definition) is 5. The van der Waals surface area contributed by atoms with Gasteiger partial charge in [-0.1, -0.05) is 48.5 Å². The number of ether oxygens (including phenoxy) is 1. The Morgan fingerprint density at radius 3 is 2.77 bits per heavy atom. The van der Waals surface area contributed by atoms with Gasteiger partial charge in [0.15, 0.2) is 0 Å². The van der Waals surface area contributed by atoms with E-state index in [1.54, 1.807) is 12.1 Å². The molecule has 2 aliphatic heterocycles. The van der Waals surface area contributed by atoms with Crippen LogP contribution in [-0.2, 0) is 4.74 Å². The Morgan fingerprint density at radius 2 is 2.07 bits per heavy atom. The van der Waals surface area contributed by atoms with Gasteiger partial charge in [-0.2, -0.15) is 0 Å². The van der Waals surface area contributed by atoms with Crippen LogP contribution in [0.3, 0.4) is 0 Å². The quantitative estimate of drug-likeness (QED) is 0.428. The summed E-state index contributed by atoms with van der Waals surface area (Å²) in [5.41, 5.74) is 3.77. The van der Waals surface area contributed by atoms with Gasteiger partial charge in [0.1, 0.15) is 0 Å². The number of non-ortho nitro benzene ring substituents is 1. The maximum Gasteiger partial charge on any atom is 0.269 e. The molecule has 2 heterocycles. The van der Waals surface area contributed by atoms with Crippen LogP contribution in [0.4, 0.5) is 11.4 Å². The van der Waals surface area contributed by atoms with Crippen molar-refractivity contribution in [3.63, 3.8) is 0 Å². The predicted molar refractivity (Wildman–Crippen MR) is 122 cm³/mol. The fraction of sp³-hybridized carbons (Fsp3) is 0.391. The van der Waals surface area contributed by atoms with E-state index in [2.05, 4.69) is 47.0 Å². The predicted octanol–water partition coefficient (Wildman–Crippen LogP) is 5.52. The summed E-state index contributed by atoms with van der Waals surface area (Å²) in [6.45, 7) is 10.1. The maximum absolute atomic E-state index is 11.2. The Balaban J connectivity index is 1.53. The van der Waals surface area contributed by atoms with Crippen molar-refractivity contribution in [3.05, 3.63) is 74.8 Å². The van der Waals surface area contributed by atoms with Crippen molar-refractivity contribution >= 4 is 33.0 Å². The van der Waals surface area contributed by atoms with Crippen LogP contribution >= 0.6 is 15.9 Å². The molecular weight excluding hydrogens is 446 g/mol. The van der Waals surface area contributed by atoms with Gasteiger partial charge in [-0.05, 0) is 30.2 Å². The number of benzene rings is 2. The van der Waals surface area contributed by atoms with Crippen LogP contribution in [-0.4, -0.2) is 24.1 Å². The van der Waals surface area contributed by atoms with Crippen LogP contribution in [0.25, 0.3) is 5.70 Å². The molecule has 0 saturated carbocycles. The highest BCUT2D eigenvalue weighted by Crippen LogP contribution is 2.49. The molecule has 4 rings (SSSR count). The van der Waals surface area contributed by atoms with E-state index in [4.69, 9.17) is 4.74 Å². The van der Waals surface area contributed by atoms with Crippen LogP contribution in [0.2, 0.25) is 0 Å². The van der Waals surface area contributed by atoms with Crippen LogP contribution in [0.1, 0.15) is 37.5 Å². The summed E-state index contributed by atoms with van der Waals surface area (Å²) >= 11 is 3.46. The summed E-state index contributed by atoms with van der Waals surface area (Å²) in [6.07, 6.45) is 0.821. The zero-order chi connectivity index (χ0) is 21.5. The number of anilines is 1. The van der Waals surface area contributed by atoms with Crippen molar-refractivity contribution in [2.24, 2.45) is 11.3 Å². The largest absolute Gasteiger partial charge is 0.384 e. The summed E-state index contributed by atoms with van der Waals surface area (Å²) in [7, 11) is 0. The number of nitrogens with zero attached hydrogens (tertiary/aromatic N) is 1. The molecule has 0 radical (unpaired) electrons. The van der Waals surface area contributed by atoms with Crippen molar-refractivity contribution < 1.29 is 9.66 Å². The second-order valence-corrected chi connectivity index (χ2v) is 9.64. The van der Waals surface area contributed by atoms with Crippen LogP contribution in [0.5, 0.6) is 0 Å². The molecule has 3 unspecified atom stereocenters. The van der Waals surface area contributed by atoms with E-state index in [9.17, 15) is 10.1 Å². The maximum atomic E-state index is 11.2. The van der Waals surface area contributed by atoms with Gasteiger partial charge in [0, 0.05) is 64.1 Å². The van der Waals surface area contributed by atoms with E-state index in [-0.39, 0.29) is 34.1 Å². The molecule has 6 nitrogen and oxygen atoms in total. The highest BCUT2D eigenvalue weighted by Gasteiger charge is 2.47. The second-order valence-electron chi connectivity index (χ2n) is 8.72. The van der Waals surface area contributed by atoms with Gasteiger partial charge in [0.25, 0.3) is 5.69 Å². The second kappa shape index (κ2) is 8.04. The molecule has 30 heavy (non-hydrogen) atoms. The molecule has 1 fully saturated rings. The Labute approximate surface area is 185 Å². The minimum atomic E-state index is -0.349. The standard InChI is InChI=1S/C23H26BrN3O3/c1-14(15-4-6-16(24)7-5-15)25-13-23(2,3)22-18-10-11-30-21(18)19-12-17(27(28)29)8-9-20(19)26-22/h4-9,12,18,21-22,25-26H,1,10-11,13H2,2-3H3. The molecule has 0 spiro atoms. The molecule has 3 atom stereocenters. The highest BCUT2D eigenvalue weighted by atomic mass is 79.9. The minimum absolute atomic E-state index is 0.103. The normalized spacial score (nSPS) is 22.6. The third kappa shape index (κ3) is 3.96. The number of halogens is 1. The number of hydrogen-bond donors (Lipinski definition) is 2. The van der Waals surface area contributed by atoms with E-state index < -0.39 is 0 Å². The zero-order valence-corrected chi connectivity index (χ0v) is 18.7. The van der Waals surface area contributed by atoms with E-state index in [0.29, 0.717) is 6.61 Å². The Kier molecular flexibility index (Phi) is 5.59. The van der Waals surface area contributed by atoms with E-state index >= 15 is 0 Å². The van der Waals surface area contributed by atoms with Crippen molar-refractivity contribution in [1.82, 2.24) is 5.32 Å². The molecule has 0 amide bonds. The van der Waals surface area contributed by atoms with Gasteiger partial charge in [0.05, 0.1) is 11.0 Å². The summed E-state index contributed by atoms with van der Waals surface area (Å²) < 4.78 is 7.08. The fourth-order valence-corrected chi connectivity index (χ4v) is 4.81. The Morgan fingerprint density at radius 1 is 1.33 bits per heavy atom. The van der Waals surface area contributed by atoms with Gasteiger partial charge in [0.2, 0.25) is 0 Å². The topological polar surface area (TPSA) is 76.4 Å². The van der Waals surface area contributed by atoms with Gasteiger partial charge in [-0.3, -0.25) is 10.1 Å². The third-order valence-corrected chi connectivity index (χ3v) is 6.75. The lowest BCUT2D eigenvalue weighted by molar-refractivity contribution is -0.385. The van der Waals surface area contributed by atoms with Crippen molar-refractivity contribution in [2.45, 2.75) is 32.4 Å². The molecule has 2 aromatic rings. The Bertz CT molecular complexity index is 974. The first-order valence-corrected chi connectivity index (χ1v) is 10.9. The minimum Gasteiger partial charge on any atom is -0.384 e. The van der Waals surface area contributed by atoms with E-state index in [0.717, 1.165) is 39.9 Å². The lowest BCUT2D eigenvalue weighted by Crippen LogP contribution is -2.50. The smallest absolute Gasteiger partial charge is 0.269 e. The van der Waals surface area contributed by atoms with Crippen molar-refractivity contribution in [1.29, 1.82) is 0 Å². The first kappa shape index (κ1) is 20.9. The van der Waals surface area contributed by atoms with Gasteiger partial charge < -0.3 is 15.4 Å². The van der Waals surface area contributed by atoms with Crippen LogP contribution in [0.15, 0.2) is 53.5 Å². The summed E-state index contributed by atoms with van der Waals surface area (Å²) in [5.74, 6) is 0.261. The number of rotatable bonds is 6. The van der Waals surface area contributed by atoms with Gasteiger partial charge >= 0.3 is 0 Å². The molecule has 2 N–H and O–H groups in total. The molecular formula is C23H26BrN3O3. The fourth-order valence-electron chi connectivity index (χ4n) is 4.55. The van der Waals surface area contributed by atoms with Crippen LogP contribution in [0, 0.1) is 21.4 Å². The first-order valence-electron chi connectivity index (χ1n) is 10.1. The molecule has 158 valence electrons. The number of fused-ring (bicyclic) bond motifs is 3. The summed E-state index contributed by atoms with van der Waals surface area (Å²) in [6, 6.07) is 13.3. The molecule has 0 bridgehead atoms. The first-order chi connectivity index (χ1) is 14.3. The van der Waals surface area contributed by atoms with Crippen molar-refractivity contribution in [2.75, 3.05) is 18.5 Å². The highest BCUT2D eigenvalue weighted by molar-refractivity contribution is 9.10. The third-order valence-electron chi connectivity index (χ3n) is 6.22. The van der Waals surface area contributed by atoms with Gasteiger partial charge in [-0.25, -0.2) is 0 Å². The van der Waals surface area contributed by atoms with Gasteiger partial charge in [-0.15, -0.1) is 0 Å². The average Bonchev–Trinajstić information content (AvgIpc) is 3.21. The number of nitrogens with one attached hydrogen (secondary N) is 2. The number of nitro groups is 1. The number of nitro benzene ring substituents is 1. The molecule has 7 heteroatoms. The SMILES string of the molecule is C=C(NCC(C)(C)C1Nc2ccc([N+](=O)[O-])cc2C2OCCC21)c1ccc(Br)cc1. The lowest BCUT2D eigenvalue weighted by Gasteiger charge is -2.45. The molecule has 2 aliphatic rings. The molecule has 0 aliphatic carbocycles. The molecule has 1 saturated heterocycles. The lowest BCUT2D eigenvalue weighted by atomic mass is 9.71. The summed E-state index contributed by atoms with van der Waals surface area (Å²) in [5, 5.41) is 18.4. The monoisotopic (exact) mass is 471 g/mol. The van der Waals surface area contributed by atoms with E-state index in [1.807, 2.05) is 30.3 Å². The molecule has 2 aromatic carbocycles. The van der Waals surface area contributed by atoms with E-state index in [1.165, 1.54) is 0 Å². The van der Waals surface area contributed by atoms with Crippen molar-refractivity contribution in [3.8, 4) is 0 Å². The zero-order valence-electron chi connectivity index (χ0n) is 17.2. The Hall–Kier alpha value is -2.38. The molecule has 0 aromatic heterocycles.